The monoisotopic (exact) mass is 230 g/mol. The lowest BCUT2D eigenvalue weighted by molar-refractivity contribution is 0.298. The maximum atomic E-state index is 5.93. The Bertz CT molecular complexity index is 564. The van der Waals surface area contributed by atoms with Crippen molar-refractivity contribution in [1.29, 1.82) is 0 Å². The molecule has 0 bridgehead atoms. The summed E-state index contributed by atoms with van der Waals surface area (Å²) in [4.78, 5) is 0. The first-order valence-electron chi connectivity index (χ1n) is 6.17. The Kier molecular flexibility index (Phi) is 2.22. The molecular formula is C15H18O2. The summed E-state index contributed by atoms with van der Waals surface area (Å²) >= 11 is 0. The van der Waals surface area contributed by atoms with Gasteiger partial charge in [0.05, 0.1) is 7.11 Å². The van der Waals surface area contributed by atoms with Crippen molar-refractivity contribution in [2.75, 3.05) is 7.11 Å². The minimum absolute atomic E-state index is 0.382. The maximum absolute atomic E-state index is 5.93. The highest BCUT2D eigenvalue weighted by molar-refractivity contribution is 5.84. The number of benzene rings is 1. The number of hydrogen-bond donors (Lipinski definition) is 0. The van der Waals surface area contributed by atoms with Gasteiger partial charge in [-0.15, -0.1) is 0 Å². The minimum atomic E-state index is 0.382. The number of furan rings is 1. The van der Waals surface area contributed by atoms with Gasteiger partial charge < -0.3 is 9.15 Å². The molecule has 0 fully saturated rings. The highest BCUT2D eigenvalue weighted by Crippen LogP contribution is 2.40. The van der Waals surface area contributed by atoms with Gasteiger partial charge in [-0.05, 0) is 36.5 Å². The lowest BCUT2D eigenvalue weighted by Gasteiger charge is -2.28. The normalized spacial score (nSPS) is 18.1. The Hall–Kier alpha value is -1.44. The number of methoxy groups -OCH3 is 1. The van der Waals surface area contributed by atoms with Gasteiger partial charge in [-0.25, -0.2) is 0 Å². The van der Waals surface area contributed by atoms with E-state index in [4.69, 9.17) is 9.15 Å². The molecule has 0 saturated heterocycles. The van der Waals surface area contributed by atoms with Gasteiger partial charge in [0, 0.05) is 17.4 Å². The zero-order valence-electron chi connectivity index (χ0n) is 10.7. The van der Waals surface area contributed by atoms with E-state index in [1.54, 1.807) is 7.11 Å². The maximum Gasteiger partial charge on any atom is 0.134 e. The SMILES string of the molecule is COc1ccc2oc3c(c2c1)CC(C)(C)CC3. The second-order valence-electron chi connectivity index (χ2n) is 5.71. The molecule has 0 atom stereocenters. The first-order valence-corrected chi connectivity index (χ1v) is 6.17. The molecular weight excluding hydrogens is 212 g/mol. The van der Waals surface area contributed by atoms with Crippen LogP contribution in [-0.2, 0) is 12.8 Å². The summed E-state index contributed by atoms with van der Waals surface area (Å²) in [6.07, 6.45) is 3.36. The predicted molar refractivity (Wildman–Crippen MR) is 68.6 cm³/mol. The number of aryl methyl sites for hydroxylation is 1. The fourth-order valence-electron chi connectivity index (χ4n) is 2.72. The summed E-state index contributed by atoms with van der Waals surface area (Å²) in [5.74, 6) is 2.08. The van der Waals surface area contributed by atoms with Gasteiger partial charge in [-0.3, -0.25) is 0 Å². The average molecular weight is 230 g/mol. The van der Waals surface area contributed by atoms with E-state index in [1.165, 1.54) is 23.1 Å². The van der Waals surface area contributed by atoms with Crippen molar-refractivity contribution in [2.45, 2.75) is 33.1 Å². The highest BCUT2D eigenvalue weighted by Gasteiger charge is 2.29. The average Bonchev–Trinajstić information content (AvgIpc) is 2.65. The highest BCUT2D eigenvalue weighted by atomic mass is 16.5. The zero-order valence-corrected chi connectivity index (χ0v) is 10.7. The summed E-state index contributed by atoms with van der Waals surface area (Å²) in [5, 5.41) is 1.23. The Labute approximate surface area is 102 Å². The third-order valence-corrected chi connectivity index (χ3v) is 3.77. The van der Waals surface area contributed by atoms with Gasteiger partial charge in [-0.2, -0.15) is 0 Å². The van der Waals surface area contributed by atoms with E-state index in [9.17, 15) is 0 Å². The van der Waals surface area contributed by atoms with Gasteiger partial charge >= 0.3 is 0 Å². The van der Waals surface area contributed by atoms with Gasteiger partial charge in [0.2, 0.25) is 0 Å². The van der Waals surface area contributed by atoms with Gasteiger partial charge in [0.1, 0.15) is 17.1 Å². The Morgan fingerprint density at radius 1 is 1.29 bits per heavy atom. The largest absolute Gasteiger partial charge is 0.497 e. The fourth-order valence-corrected chi connectivity index (χ4v) is 2.72. The molecule has 2 aromatic rings. The van der Waals surface area contributed by atoms with Crippen LogP contribution in [0.2, 0.25) is 0 Å². The van der Waals surface area contributed by atoms with Crippen molar-refractivity contribution < 1.29 is 9.15 Å². The standard InChI is InChI=1S/C15H18O2/c1-15(2)7-6-14-12(9-15)11-8-10(16-3)4-5-13(11)17-14/h4-5,8H,6-7,9H2,1-3H3. The van der Waals surface area contributed by atoms with E-state index in [-0.39, 0.29) is 0 Å². The Morgan fingerprint density at radius 2 is 2.12 bits per heavy atom. The molecule has 0 N–H and O–H groups in total. The zero-order chi connectivity index (χ0) is 12.0. The smallest absolute Gasteiger partial charge is 0.134 e. The minimum Gasteiger partial charge on any atom is -0.497 e. The molecule has 2 heteroatoms. The molecule has 2 nitrogen and oxygen atoms in total. The van der Waals surface area contributed by atoms with Crippen LogP contribution >= 0.6 is 0 Å². The third-order valence-electron chi connectivity index (χ3n) is 3.77. The van der Waals surface area contributed by atoms with E-state index in [1.807, 2.05) is 12.1 Å². The Morgan fingerprint density at radius 3 is 2.88 bits per heavy atom. The van der Waals surface area contributed by atoms with E-state index < -0.39 is 0 Å². The first-order chi connectivity index (χ1) is 8.09. The van der Waals surface area contributed by atoms with Crippen LogP contribution in [-0.4, -0.2) is 7.11 Å². The van der Waals surface area contributed by atoms with Crippen molar-refractivity contribution in [1.82, 2.24) is 0 Å². The van der Waals surface area contributed by atoms with E-state index in [0.29, 0.717) is 5.41 Å². The summed E-state index contributed by atoms with van der Waals surface area (Å²) in [6, 6.07) is 6.07. The fraction of sp³-hybridized carbons (Fsp3) is 0.467. The quantitative estimate of drug-likeness (QED) is 0.740. The van der Waals surface area contributed by atoms with E-state index in [0.717, 1.165) is 24.2 Å². The second-order valence-corrected chi connectivity index (χ2v) is 5.71. The van der Waals surface area contributed by atoms with E-state index >= 15 is 0 Å². The molecule has 0 saturated carbocycles. The molecule has 90 valence electrons. The van der Waals surface area contributed by atoms with Crippen LogP contribution in [0.15, 0.2) is 22.6 Å². The molecule has 3 rings (SSSR count). The molecule has 1 aliphatic carbocycles. The summed E-state index contributed by atoms with van der Waals surface area (Å²) < 4.78 is 11.2. The lowest BCUT2D eigenvalue weighted by Crippen LogP contribution is -2.21. The van der Waals surface area contributed by atoms with Crippen molar-refractivity contribution in [2.24, 2.45) is 5.41 Å². The number of ether oxygens (including phenoxy) is 1. The number of fused-ring (bicyclic) bond motifs is 3. The first kappa shape index (κ1) is 10.7. The van der Waals surface area contributed by atoms with Crippen LogP contribution < -0.4 is 4.74 Å². The molecule has 1 heterocycles. The molecule has 0 spiro atoms. The van der Waals surface area contributed by atoms with Crippen molar-refractivity contribution in [3.05, 3.63) is 29.5 Å². The summed E-state index contributed by atoms with van der Waals surface area (Å²) in [7, 11) is 1.71. The second kappa shape index (κ2) is 3.52. The molecule has 1 aromatic carbocycles. The molecule has 0 radical (unpaired) electrons. The van der Waals surface area contributed by atoms with Gasteiger partial charge in [-0.1, -0.05) is 13.8 Å². The van der Waals surface area contributed by atoms with Crippen molar-refractivity contribution in [3.8, 4) is 5.75 Å². The van der Waals surface area contributed by atoms with Crippen LogP contribution in [0, 0.1) is 5.41 Å². The Balaban J connectivity index is 2.19. The molecule has 1 aromatic heterocycles. The van der Waals surface area contributed by atoms with Crippen LogP contribution in [0.3, 0.4) is 0 Å². The van der Waals surface area contributed by atoms with Gasteiger partial charge in [0.25, 0.3) is 0 Å². The number of hydrogen-bond acceptors (Lipinski definition) is 2. The van der Waals surface area contributed by atoms with Crippen LogP contribution in [0.25, 0.3) is 11.0 Å². The lowest BCUT2D eigenvalue weighted by atomic mass is 9.76. The number of rotatable bonds is 1. The van der Waals surface area contributed by atoms with E-state index in [2.05, 4.69) is 19.9 Å². The summed E-state index contributed by atoms with van der Waals surface area (Å²) in [5.41, 5.74) is 2.76. The van der Waals surface area contributed by atoms with Crippen LogP contribution in [0.1, 0.15) is 31.6 Å². The predicted octanol–water partition coefficient (Wildman–Crippen LogP) is 3.96. The van der Waals surface area contributed by atoms with Crippen LogP contribution in [0.5, 0.6) is 5.75 Å². The summed E-state index contributed by atoms with van der Waals surface area (Å²) in [6.45, 7) is 4.66. The topological polar surface area (TPSA) is 22.4 Å². The molecule has 1 aliphatic rings. The van der Waals surface area contributed by atoms with Gasteiger partial charge in [0.15, 0.2) is 0 Å². The molecule has 0 unspecified atom stereocenters. The van der Waals surface area contributed by atoms with Crippen molar-refractivity contribution >= 4 is 11.0 Å². The van der Waals surface area contributed by atoms with Crippen LogP contribution in [0.4, 0.5) is 0 Å². The van der Waals surface area contributed by atoms with Crippen molar-refractivity contribution in [3.63, 3.8) is 0 Å². The molecule has 17 heavy (non-hydrogen) atoms. The third kappa shape index (κ3) is 1.72. The molecule has 0 amide bonds. The molecule has 0 aliphatic heterocycles.